The van der Waals surface area contributed by atoms with Crippen LogP contribution in [0.15, 0.2) is 24.3 Å². The summed E-state index contributed by atoms with van der Waals surface area (Å²) in [6, 6.07) is 5.21. The van der Waals surface area contributed by atoms with Crippen molar-refractivity contribution in [2.75, 3.05) is 30.0 Å². The van der Waals surface area contributed by atoms with E-state index < -0.39 is 17.9 Å². The Kier molecular flexibility index (Phi) is 4.51. The van der Waals surface area contributed by atoms with Crippen LogP contribution < -0.4 is 21.7 Å². The summed E-state index contributed by atoms with van der Waals surface area (Å²) < 4.78 is 5.05. The van der Waals surface area contributed by atoms with E-state index in [1.165, 1.54) is 0 Å². The molecule has 5 N–H and O–H groups in total. The topological polar surface area (TPSA) is 128 Å². The standard InChI is InChI=1S/C13H16N4O4/c14-11(12(15)19)13(20)16-8-1-3-9(4-2-8)17-5-6-21-7-10(17)18/h1-4,11H,5-7,14H2,(H2,15,19)(H,16,20)/t11-/m1/s1. The molecule has 1 aliphatic heterocycles. The van der Waals surface area contributed by atoms with Crippen molar-refractivity contribution in [2.45, 2.75) is 6.04 Å². The molecule has 0 bridgehead atoms. The van der Waals surface area contributed by atoms with Crippen molar-refractivity contribution in [1.82, 2.24) is 0 Å². The molecule has 21 heavy (non-hydrogen) atoms. The fraction of sp³-hybridized carbons (Fsp3) is 0.308. The monoisotopic (exact) mass is 292 g/mol. The molecule has 1 aliphatic rings. The second-order valence-corrected chi connectivity index (χ2v) is 4.51. The predicted molar refractivity (Wildman–Crippen MR) is 75.4 cm³/mol. The van der Waals surface area contributed by atoms with Crippen LogP contribution in [0.5, 0.6) is 0 Å². The average Bonchev–Trinajstić information content (AvgIpc) is 2.47. The fourth-order valence-electron chi connectivity index (χ4n) is 1.86. The number of carbonyl (C=O) groups is 3. The molecule has 112 valence electrons. The molecule has 8 nitrogen and oxygen atoms in total. The van der Waals surface area contributed by atoms with Crippen molar-refractivity contribution in [3.8, 4) is 0 Å². The lowest BCUT2D eigenvalue weighted by Crippen LogP contribution is -2.46. The van der Waals surface area contributed by atoms with Crippen LogP contribution in [0.4, 0.5) is 11.4 Å². The van der Waals surface area contributed by atoms with E-state index in [9.17, 15) is 14.4 Å². The zero-order valence-corrected chi connectivity index (χ0v) is 11.2. The highest BCUT2D eigenvalue weighted by Gasteiger charge is 2.21. The van der Waals surface area contributed by atoms with E-state index in [2.05, 4.69) is 5.32 Å². The van der Waals surface area contributed by atoms with Gasteiger partial charge in [-0.3, -0.25) is 14.4 Å². The van der Waals surface area contributed by atoms with Gasteiger partial charge in [0.1, 0.15) is 6.61 Å². The summed E-state index contributed by atoms with van der Waals surface area (Å²) in [6.45, 7) is 1.03. The Labute approximate surface area is 121 Å². The molecule has 1 heterocycles. The Morgan fingerprint density at radius 2 is 1.95 bits per heavy atom. The van der Waals surface area contributed by atoms with Crippen molar-refractivity contribution in [3.63, 3.8) is 0 Å². The van der Waals surface area contributed by atoms with Gasteiger partial charge in [-0.1, -0.05) is 0 Å². The van der Waals surface area contributed by atoms with E-state index in [1.54, 1.807) is 29.2 Å². The van der Waals surface area contributed by atoms with E-state index in [-0.39, 0.29) is 12.5 Å². The minimum atomic E-state index is -1.40. The molecule has 1 aromatic rings. The van der Waals surface area contributed by atoms with Crippen LogP contribution in [0.2, 0.25) is 0 Å². The number of nitrogens with one attached hydrogen (secondary N) is 1. The van der Waals surface area contributed by atoms with E-state index in [0.717, 1.165) is 0 Å². The first kappa shape index (κ1) is 14.9. The highest BCUT2D eigenvalue weighted by atomic mass is 16.5. The minimum Gasteiger partial charge on any atom is -0.370 e. The van der Waals surface area contributed by atoms with Gasteiger partial charge in [0.15, 0.2) is 6.04 Å². The van der Waals surface area contributed by atoms with Crippen molar-refractivity contribution >= 4 is 29.1 Å². The number of anilines is 2. The van der Waals surface area contributed by atoms with E-state index in [1.807, 2.05) is 0 Å². The maximum absolute atomic E-state index is 11.7. The third-order valence-electron chi connectivity index (χ3n) is 3.02. The molecule has 1 aromatic carbocycles. The molecule has 0 aliphatic carbocycles. The number of benzene rings is 1. The molecule has 0 saturated carbocycles. The zero-order chi connectivity index (χ0) is 15.4. The second-order valence-electron chi connectivity index (χ2n) is 4.51. The quantitative estimate of drug-likeness (QED) is 0.601. The van der Waals surface area contributed by atoms with Crippen LogP contribution in [0.1, 0.15) is 0 Å². The predicted octanol–water partition coefficient (Wildman–Crippen LogP) is -1.20. The summed E-state index contributed by atoms with van der Waals surface area (Å²) in [5.41, 5.74) is 11.4. The van der Waals surface area contributed by atoms with E-state index >= 15 is 0 Å². The van der Waals surface area contributed by atoms with Crippen LogP contribution in [-0.4, -0.2) is 43.5 Å². The Bertz CT molecular complexity index is 558. The Morgan fingerprint density at radius 3 is 2.52 bits per heavy atom. The second kappa shape index (κ2) is 6.33. The Hall–Kier alpha value is -2.45. The maximum atomic E-state index is 11.7. The molecule has 3 amide bonds. The number of hydrogen-bond acceptors (Lipinski definition) is 5. The molecule has 8 heteroatoms. The summed E-state index contributed by atoms with van der Waals surface area (Å²) in [5.74, 6) is -1.70. The van der Waals surface area contributed by atoms with Crippen LogP contribution in [0, 0.1) is 0 Å². The molecule has 0 spiro atoms. The molecule has 1 atom stereocenters. The van der Waals surface area contributed by atoms with Gasteiger partial charge >= 0.3 is 0 Å². The summed E-state index contributed by atoms with van der Waals surface area (Å²) >= 11 is 0. The maximum Gasteiger partial charge on any atom is 0.253 e. The van der Waals surface area contributed by atoms with Gasteiger partial charge in [0.25, 0.3) is 11.8 Å². The minimum absolute atomic E-state index is 0.0615. The zero-order valence-electron chi connectivity index (χ0n) is 11.2. The first-order valence-corrected chi connectivity index (χ1v) is 6.33. The molecule has 0 aromatic heterocycles. The number of primary amides is 1. The molecular weight excluding hydrogens is 276 g/mol. The van der Waals surface area contributed by atoms with Gasteiger partial charge in [0.2, 0.25) is 5.91 Å². The molecule has 0 unspecified atom stereocenters. The van der Waals surface area contributed by atoms with Crippen molar-refractivity contribution in [2.24, 2.45) is 11.5 Å². The molecule has 1 fully saturated rings. The molecule has 0 radical (unpaired) electrons. The number of nitrogens with two attached hydrogens (primary N) is 2. The highest BCUT2D eigenvalue weighted by Crippen LogP contribution is 2.19. The van der Waals surface area contributed by atoms with Crippen molar-refractivity contribution in [3.05, 3.63) is 24.3 Å². The smallest absolute Gasteiger partial charge is 0.253 e. The summed E-state index contributed by atoms with van der Waals surface area (Å²) in [7, 11) is 0. The number of hydrogen-bond donors (Lipinski definition) is 3. The van der Waals surface area contributed by atoms with Crippen molar-refractivity contribution in [1.29, 1.82) is 0 Å². The van der Waals surface area contributed by atoms with Crippen molar-refractivity contribution < 1.29 is 19.1 Å². The summed E-state index contributed by atoms with van der Waals surface area (Å²) in [6.07, 6.45) is 0. The van der Waals surface area contributed by atoms with Gasteiger partial charge in [-0.15, -0.1) is 0 Å². The van der Waals surface area contributed by atoms with Gasteiger partial charge in [0.05, 0.1) is 6.61 Å². The van der Waals surface area contributed by atoms with Gasteiger partial charge in [0, 0.05) is 17.9 Å². The first-order chi connectivity index (χ1) is 9.99. The van der Waals surface area contributed by atoms with Crippen LogP contribution in [-0.2, 0) is 19.1 Å². The fourth-order valence-corrected chi connectivity index (χ4v) is 1.86. The van der Waals surface area contributed by atoms with Gasteiger partial charge < -0.3 is 26.4 Å². The lowest BCUT2D eigenvalue weighted by atomic mass is 10.2. The average molecular weight is 292 g/mol. The number of rotatable bonds is 4. The lowest BCUT2D eigenvalue weighted by Gasteiger charge is -2.26. The number of amides is 3. The number of ether oxygens (including phenoxy) is 1. The third-order valence-corrected chi connectivity index (χ3v) is 3.02. The lowest BCUT2D eigenvalue weighted by molar-refractivity contribution is -0.127. The van der Waals surface area contributed by atoms with E-state index in [0.29, 0.717) is 24.5 Å². The van der Waals surface area contributed by atoms with E-state index in [4.69, 9.17) is 16.2 Å². The highest BCUT2D eigenvalue weighted by molar-refractivity contribution is 6.09. The number of nitrogens with zero attached hydrogens (tertiary/aromatic N) is 1. The van der Waals surface area contributed by atoms with Crippen LogP contribution >= 0.6 is 0 Å². The molecular formula is C13H16N4O4. The summed E-state index contributed by atoms with van der Waals surface area (Å²) in [5, 5.41) is 2.47. The van der Waals surface area contributed by atoms with Gasteiger partial charge in [-0.2, -0.15) is 0 Å². The van der Waals surface area contributed by atoms with Gasteiger partial charge in [-0.25, -0.2) is 0 Å². The normalized spacial score (nSPS) is 16.4. The van der Waals surface area contributed by atoms with Gasteiger partial charge in [-0.05, 0) is 24.3 Å². The molecule has 2 rings (SSSR count). The Balaban J connectivity index is 2.03. The number of carbonyl (C=O) groups excluding carboxylic acids is 3. The SMILES string of the molecule is NC(=O)[C@@H](N)C(=O)Nc1ccc(N2CCOCC2=O)cc1. The van der Waals surface area contributed by atoms with Crippen LogP contribution in [0.3, 0.4) is 0 Å². The van der Waals surface area contributed by atoms with Crippen LogP contribution in [0.25, 0.3) is 0 Å². The largest absolute Gasteiger partial charge is 0.370 e. The Morgan fingerprint density at radius 1 is 1.29 bits per heavy atom. The first-order valence-electron chi connectivity index (χ1n) is 6.33. The summed E-state index contributed by atoms with van der Waals surface area (Å²) in [4.78, 5) is 35.7. The third kappa shape index (κ3) is 3.56. The molecule has 1 saturated heterocycles. The number of morpholine rings is 1.